The minimum Gasteiger partial charge on any atom is -0.379 e. The first-order valence-corrected chi connectivity index (χ1v) is 7.72. The number of ether oxygens (including phenoxy) is 3. The zero-order valence-electron chi connectivity index (χ0n) is 13.1. The molecule has 0 spiro atoms. The molecule has 0 aliphatic rings. The monoisotopic (exact) mass is 275 g/mol. The Morgan fingerprint density at radius 2 is 1.42 bits per heavy atom. The molecule has 0 heterocycles. The molecule has 0 aromatic rings. The lowest BCUT2D eigenvalue weighted by atomic mass is 10.0. The molecule has 116 valence electrons. The van der Waals surface area contributed by atoms with Crippen molar-refractivity contribution in [2.24, 2.45) is 5.92 Å². The topological polar surface area (TPSA) is 39.7 Å². The first-order chi connectivity index (χ1) is 9.35. The van der Waals surface area contributed by atoms with Crippen LogP contribution < -0.4 is 5.32 Å². The molecule has 0 amide bonds. The van der Waals surface area contributed by atoms with E-state index in [-0.39, 0.29) is 0 Å². The fourth-order valence-corrected chi connectivity index (χ4v) is 1.78. The van der Waals surface area contributed by atoms with E-state index in [1.807, 2.05) is 7.05 Å². The smallest absolute Gasteiger partial charge is 0.0701 e. The normalized spacial score (nSPS) is 12.8. The molecule has 1 atom stereocenters. The molecular formula is C15H33NO3. The predicted octanol–water partition coefficient (Wildman–Crippen LogP) is 2.47. The third-order valence-electron chi connectivity index (χ3n) is 3.13. The molecule has 0 aliphatic heterocycles. The van der Waals surface area contributed by atoms with E-state index < -0.39 is 0 Å². The van der Waals surface area contributed by atoms with Crippen LogP contribution in [0.2, 0.25) is 0 Å². The fourth-order valence-electron chi connectivity index (χ4n) is 1.78. The predicted molar refractivity (Wildman–Crippen MR) is 79.7 cm³/mol. The van der Waals surface area contributed by atoms with E-state index in [0.29, 0.717) is 26.4 Å². The molecule has 0 saturated carbocycles. The quantitative estimate of drug-likeness (QED) is 0.466. The van der Waals surface area contributed by atoms with Crippen LogP contribution in [0.3, 0.4) is 0 Å². The van der Waals surface area contributed by atoms with Crippen molar-refractivity contribution in [1.82, 2.24) is 5.32 Å². The van der Waals surface area contributed by atoms with Crippen molar-refractivity contribution in [2.75, 3.05) is 53.2 Å². The molecular weight excluding hydrogens is 242 g/mol. The van der Waals surface area contributed by atoms with Gasteiger partial charge < -0.3 is 19.5 Å². The molecule has 19 heavy (non-hydrogen) atoms. The number of unbranched alkanes of at least 4 members (excludes halogenated alkanes) is 1. The lowest BCUT2D eigenvalue weighted by Gasteiger charge is -2.14. The maximum Gasteiger partial charge on any atom is 0.0701 e. The highest BCUT2D eigenvalue weighted by Crippen LogP contribution is 2.06. The van der Waals surface area contributed by atoms with Crippen LogP contribution in [-0.4, -0.2) is 53.2 Å². The van der Waals surface area contributed by atoms with Gasteiger partial charge in [0, 0.05) is 13.2 Å². The Labute approximate surface area is 119 Å². The number of hydrogen-bond acceptors (Lipinski definition) is 4. The summed E-state index contributed by atoms with van der Waals surface area (Å²) in [5.41, 5.74) is 0. The Bertz CT molecular complexity index is 167. The van der Waals surface area contributed by atoms with Crippen LogP contribution in [0.4, 0.5) is 0 Å². The van der Waals surface area contributed by atoms with E-state index in [9.17, 15) is 0 Å². The molecule has 0 rings (SSSR count). The zero-order chi connectivity index (χ0) is 14.2. The molecule has 1 unspecified atom stereocenters. The first-order valence-electron chi connectivity index (χ1n) is 7.72. The van der Waals surface area contributed by atoms with Gasteiger partial charge in [0.15, 0.2) is 0 Å². The van der Waals surface area contributed by atoms with E-state index in [0.717, 1.165) is 38.5 Å². The minimum atomic E-state index is 0.667. The molecule has 0 fully saturated rings. The second kappa shape index (κ2) is 15.9. The minimum absolute atomic E-state index is 0.667. The van der Waals surface area contributed by atoms with Crippen molar-refractivity contribution in [2.45, 2.75) is 39.5 Å². The maximum atomic E-state index is 5.56. The summed E-state index contributed by atoms with van der Waals surface area (Å²) in [5.74, 6) is 0.720. The van der Waals surface area contributed by atoms with Gasteiger partial charge in [0.2, 0.25) is 0 Å². The summed E-state index contributed by atoms with van der Waals surface area (Å²) in [6.45, 7) is 9.86. The molecule has 1 N–H and O–H groups in total. The van der Waals surface area contributed by atoms with Crippen molar-refractivity contribution in [3.8, 4) is 0 Å². The Morgan fingerprint density at radius 1 is 0.842 bits per heavy atom. The van der Waals surface area contributed by atoms with Crippen LogP contribution in [0.1, 0.15) is 39.5 Å². The second-order valence-electron chi connectivity index (χ2n) is 4.81. The highest BCUT2D eigenvalue weighted by molar-refractivity contribution is 4.58. The van der Waals surface area contributed by atoms with Crippen LogP contribution in [0.5, 0.6) is 0 Å². The van der Waals surface area contributed by atoms with Gasteiger partial charge in [-0.2, -0.15) is 0 Å². The average Bonchev–Trinajstić information content (AvgIpc) is 2.43. The lowest BCUT2D eigenvalue weighted by molar-refractivity contribution is 0.0118. The molecule has 0 aromatic heterocycles. The van der Waals surface area contributed by atoms with E-state index in [1.165, 1.54) is 12.8 Å². The highest BCUT2D eigenvalue weighted by Gasteiger charge is 2.04. The van der Waals surface area contributed by atoms with Crippen molar-refractivity contribution in [1.29, 1.82) is 0 Å². The van der Waals surface area contributed by atoms with Gasteiger partial charge in [-0.25, -0.2) is 0 Å². The van der Waals surface area contributed by atoms with E-state index in [4.69, 9.17) is 14.2 Å². The summed E-state index contributed by atoms with van der Waals surface area (Å²) in [6.07, 6.45) is 4.64. The van der Waals surface area contributed by atoms with Crippen LogP contribution in [0.15, 0.2) is 0 Å². The van der Waals surface area contributed by atoms with Gasteiger partial charge in [0.25, 0.3) is 0 Å². The van der Waals surface area contributed by atoms with Crippen molar-refractivity contribution in [3.63, 3.8) is 0 Å². The van der Waals surface area contributed by atoms with Gasteiger partial charge >= 0.3 is 0 Å². The van der Waals surface area contributed by atoms with Crippen molar-refractivity contribution in [3.05, 3.63) is 0 Å². The molecule has 4 heteroatoms. The van der Waals surface area contributed by atoms with Crippen molar-refractivity contribution >= 4 is 0 Å². The number of hydrogen-bond donors (Lipinski definition) is 1. The standard InChI is InChI=1S/C15H33NO3/c1-4-6-8-17-10-12-19-13-11-18-9-7-15(5-2)14-16-3/h15-16H,4-14H2,1-3H3. The summed E-state index contributed by atoms with van der Waals surface area (Å²) in [7, 11) is 2.00. The number of nitrogens with one attached hydrogen (secondary N) is 1. The largest absolute Gasteiger partial charge is 0.379 e. The van der Waals surface area contributed by atoms with Crippen LogP contribution in [0, 0.1) is 5.92 Å². The molecule has 0 radical (unpaired) electrons. The van der Waals surface area contributed by atoms with E-state index in [2.05, 4.69) is 19.2 Å². The SMILES string of the molecule is CCCCOCCOCCOCCC(CC)CNC. The fraction of sp³-hybridized carbons (Fsp3) is 1.00. The van der Waals surface area contributed by atoms with Crippen molar-refractivity contribution < 1.29 is 14.2 Å². The van der Waals surface area contributed by atoms with Gasteiger partial charge in [-0.1, -0.05) is 26.7 Å². The third kappa shape index (κ3) is 14.1. The van der Waals surface area contributed by atoms with Gasteiger partial charge in [0.05, 0.1) is 26.4 Å². The Hall–Kier alpha value is -0.160. The molecule has 0 saturated heterocycles. The average molecular weight is 275 g/mol. The Balaban J connectivity index is 3.09. The highest BCUT2D eigenvalue weighted by atomic mass is 16.5. The van der Waals surface area contributed by atoms with Gasteiger partial charge in [-0.15, -0.1) is 0 Å². The molecule has 4 nitrogen and oxygen atoms in total. The first kappa shape index (κ1) is 18.8. The summed E-state index contributed by atoms with van der Waals surface area (Å²) >= 11 is 0. The molecule has 0 bridgehead atoms. The maximum absolute atomic E-state index is 5.56. The Morgan fingerprint density at radius 3 is 1.95 bits per heavy atom. The second-order valence-corrected chi connectivity index (χ2v) is 4.81. The Kier molecular flexibility index (Phi) is 15.8. The van der Waals surface area contributed by atoms with Crippen LogP contribution >= 0.6 is 0 Å². The van der Waals surface area contributed by atoms with Crippen LogP contribution in [-0.2, 0) is 14.2 Å². The van der Waals surface area contributed by atoms with Crippen LogP contribution in [0.25, 0.3) is 0 Å². The third-order valence-corrected chi connectivity index (χ3v) is 3.13. The molecule has 0 aliphatic carbocycles. The summed E-state index contributed by atoms with van der Waals surface area (Å²) in [6, 6.07) is 0. The van der Waals surface area contributed by atoms with Gasteiger partial charge in [-0.3, -0.25) is 0 Å². The summed E-state index contributed by atoms with van der Waals surface area (Å²) in [5, 5.41) is 3.21. The zero-order valence-corrected chi connectivity index (χ0v) is 13.1. The van der Waals surface area contributed by atoms with Gasteiger partial charge in [-0.05, 0) is 32.4 Å². The summed E-state index contributed by atoms with van der Waals surface area (Å²) in [4.78, 5) is 0. The molecule has 0 aromatic carbocycles. The number of rotatable bonds is 15. The van der Waals surface area contributed by atoms with Gasteiger partial charge in [0.1, 0.15) is 0 Å². The van der Waals surface area contributed by atoms with E-state index in [1.54, 1.807) is 0 Å². The van der Waals surface area contributed by atoms with E-state index >= 15 is 0 Å². The summed E-state index contributed by atoms with van der Waals surface area (Å²) < 4.78 is 16.4. The lowest BCUT2D eigenvalue weighted by Crippen LogP contribution is -2.20.